The van der Waals surface area contributed by atoms with Crippen LogP contribution in [0.4, 0.5) is 0 Å². The van der Waals surface area contributed by atoms with Gasteiger partial charge in [0.1, 0.15) is 24.2 Å². The third-order valence-corrected chi connectivity index (χ3v) is 6.74. The van der Waals surface area contributed by atoms with Crippen molar-refractivity contribution in [3.8, 4) is 28.4 Å². The monoisotopic (exact) mass is 496 g/mol. The summed E-state index contributed by atoms with van der Waals surface area (Å²) in [4.78, 5) is 9.87. The molecule has 1 saturated heterocycles. The standard InChI is InChI=1S/C27H36N4O5/c1-17-23(8-9-27(33)10-12-34-13-11-27)29-26(30-25(17)24-18(2)31-36-19(24)3)20-6-5-7-22(14-20)35-16-21(32)15-28-4/h5-7,14,21,28,32-33H,8-13,15-16H2,1-4H3. The lowest BCUT2D eigenvalue weighted by Gasteiger charge is -2.32. The minimum Gasteiger partial charge on any atom is -0.491 e. The van der Waals surface area contributed by atoms with E-state index in [0.29, 0.717) is 62.8 Å². The summed E-state index contributed by atoms with van der Waals surface area (Å²) in [6.45, 7) is 7.57. The molecule has 1 fully saturated rings. The highest BCUT2D eigenvalue weighted by atomic mass is 16.5. The van der Waals surface area contributed by atoms with Crippen molar-refractivity contribution in [1.82, 2.24) is 20.4 Å². The third-order valence-electron chi connectivity index (χ3n) is 6.74. The van der Waals surface area contributed by atoms with Gasteiger partial charge in [0.25, 0.3) is 0 Å². The molecule has 9 heteroatoms. The molecule has 0 aliphatic carbocycles. The van der Waals surface area contributed by atoms with Gasteiger partial charge in [0.15, 0.2) is 5.82 Å². The quantitative estimate of drug-likeness (QED) is 0.388. The first-order chi connectivity index (χ1) is 17.3. The SMILES string of the molecule is CNCC(O)COc1cccc(-c2nc(CCC3(O)CCOCC3)c(C)c(-c3c(C)noc3C)n2)c1. The number of nitrogens with one attached hydrogen (secondary N) is 1. The van der Waals surface area contributed by atoms with Crippen LogP contribution in [-0.4, -0.2) is 70.5 Å². The Bertz CT molecular complexity index is 1150. The zero-order valence-corrected chi connectivity index (χ0v) is 21.5. The molecule has 0 spiro atoms. The number of aryl methyl sites for hydroxylation is 3. The number of benzene rings is 1. The summed E-state index contributed by atoms with van der Waals surface area (Å²) in [5.74, 6) is 1.89. The van der Waals surface area contributed by atoms with Gasteiger partial charge in [0.05, 0.1) is 22.6 Å². The van der Waals surface area contributed by atoms with E-state index >= 15 is 0 Å². The Labute approximate surface area is 211 Å². The van der Waals surface area contributed by atoms with Gasteiger partial charge in [-0.25, -0.2) is 9.97 Å². The minimum absolute atomic E-state index is 0.178. The lowest BCUT2D eigenvalue weighted by molar-refractivity contribution is -0.0677. The molecule has 36 heavy (non-hydrogen) atoms. The summed E-state index contributed by atoms with van der Waals surface area (Å²) < 4.78 is 16.7. The van der Waals surface area contributed by atoms with E-state index in [4.69, 9.17) is 24.0 Å². The van der Waals surface area contributed by atoms with Crippen molar-refractivity contribution in [3.05, 3.63) is 47.0 Å². The van der Waals surface area contributed by atoms with Gasteiger partial charge in [0.2, 0.25) is 0 Å². The lowest BCUT2D eigenvalue weighted by Crippen LogP contribution is -2.36. The topological polar surface area (TPSA) is 123 Å². The fourth-order valence-electron chi connectivity index (χ4n) is 4.56. The number of aromatic nitrogens is 3. The Morgan fingerprint density at radius 1 is 1.17 bits per heavy atom. The first-order valence-corrected chi connectivity index (χ1v) is 12.5. The Morgan fingerprint density at radius 3 is 2.64 bits per heavy atom. The van der Waals surface area contributed by atoms with E-state index in [1.54, 1.807) is 7.05 Å². The maximum absolute atomic E-state index is 11.0. The molecule has 4 rings (SSSR count). The van der Waals surface area contributed by atoms with Gasteiger partial charge in [-0.1, -0.05) is 17.3 Å². The average molecular weight is 497 g/mol. The summed E-state index contributed by atoms with van der Waals surface area (Å²) in [5.41, 5.74) is 4.29. The Hall–Kier alpha value is -2.85. The highest BCUT2D eigenvalue weighted by Gasteiger charge is 2.30. The molecular weight excluding hydrogens is 460 g/mol. The van der Waals surface area contributed by atoms with Gasteiger partial charge >= 0.3 is 0 Å². The van der Waals surface area contributed by atoms with Crippen LogP contribution in [0, 0.1) is 20.8 Å². The Kier molecular flexibility index (Phi) is 8.35. The molecule has 0 saturated carbocycles. The molecule has 0 radical (unpaired) electrons. The van der Waals surface area contributed by atoms with Gasteiger partial charge in [0, 0.05) is 31.0 Å². The number of ether oxygens (including phenoxy) is 2. The predicted molar refractivity (Wildman–Crippen MR) is 136 cm³/mol. The smallest absolute Gasteiger partial charge is 0.160 e. The van der Waals surface area contributed by atoms with Crippen LogP contribution >= 0.6 is 0 Å². The zero-order valence-electron chi connectivity index (χ0n) is 21.5. The van der Waals surface area contributed by atoms with E-state index < -0.39 is 11.7 Å². The van der Waals surface area contributed by atoms with Crippen LogP contribution in [-0.2, 0) is 11.2 Å². The van der Waals surface area contributed by atoms with Crippen molar-refractivity contribution in [2.45, 2.75) is 58.2 Å². The number of hydrogen-bond donors (Lipinski definition) is 3. The van der Waals surface area contributed by atoms with Crippen molar-refractivity contribution < 1.29 is 24.2 Å². The normalized spacial score (nSPS) is 16.2. The highest BCUT2D eigenvalue weighted by Crippen LogP contribution is 2.33. The molecule has 3 aromatic rings. The number of aliphatic hydroxyl groups is 2. The fourth-order valence-corrected chi connectivity index (χ4v) is 4.56. The second-order valence-electron chi connectivity index (χ2n) is 9.55. The Balaban J connectivity index is 1.69. The number of nitrogens with zero attached hydrogens (tertiary/aromatic N) is 3. The van der Waals surface area contributed by atoms with Crippen molar-refractivity contribution >= 4 is 0 Å². The zero-order chi connectivity index (χ0) is 25.7. The Morgan fingerprint density at radius 2 is 1.94 bits per heavy atom. The number of aliphatic hydroxyl groups excluding tert-OH is 1. The number of rotatable bonds is 10. The van der Waals surface area contributed by atoms with Crippen LogP contribution in [0.5, 0.6) is 5.75 Å². The van der Waals surface area contributed by atoms with Crippen LogP contribution in [0.1, 0.15) is 42.0 Å². The summed E-state index contributed by atoms with van der Waals surface area (Å²) in [6.07, 6.45) is 1.85. The second-order valence-corrected chi connectivity index (χ2v) is 9.55. The number of likely N-dealkylation sites (N-methyl/N-ethyl adjacent to an activating group) is 1. The highest BCUT2D eigenvalue weighted by molar-refractivity contribution is 5.71. The molecule has 1 aliphatic rings. The molecule has 9 nitrogen and oxygen atoms in total. The van der Waals surface area contributed by atoms with E-state index in [9.17, 15) is 10.2 Å². The third kappa shape index (κ3) is 6.10. The first-order valence-electron chi connectivity index (χ1n) is 12.5. The molecule has 1 unspecified atom stereocenters. The molecule has 2 aromatic heterocycles. The minimum atomic E-state index is -0.749. The van der Waals surface area contributed by atoms with E-state index in [2.05, 4.69) is 10.5 Å². The largest absolute Gasteiger partial charge is 0.491 e. The van der Waals surface area contributed by atoms with Crippen LogP contribution in [0.15, 0.2) is 28.8 Å². The molecule has 3 heterocycles. The van der Waals surface area contributed by atoms with E-state index in [-0.39, 0.29) is 6.61 Å². The van der Waals surface area contributed by atoms with E-state index in [1.165, 1.54) is 0 Å². The van der Waals surface area contributed by atoms with Crippen molar-refractivity contribution in [2.75, 3.05) is 33.4 Å². The van der Waals surface area contributed by atoms with Crippen LogP contribution < -0.4 is 10.1 Å². The predicted octanol–water partition coefficient (Wildman–Crippen LogP) is 3.16. The van der Waals surface area contributed by atoms with Gasteiger partial charge in [-0.2, -0.15) is 0 Å². The van der Waals surface area contributed by atoms with E-state index in [0.717, 1.165) is 33.8 Å². The molecule has 1 aliphatic heterocycles. The van der Waals surface area contributed by atoms with Gasteiger partial charge < -0.3 is 29.5 Å². The van der Waals surface area contributed by atoms with Crippen molar-refractivity contribution in [1.29, 1.82) is 0 Å². The van der Waals surface area contributed by atoms with Crippen LogP contribution in [0.3, 0.4) is 0 Å². The van der Waals surface area contributed by atoms with Crippen LogP contribution in [0.2, 0.25) is 0 Å². The lowest BCUT2D eigenvalue weighted by atomic mass is 9.88. The molecule has 3 N–H and O–H groups in total. The number of hydrogen-bond acceptors (Lipinski definition) is 9. The molecule has 1 aromatic carbocycles. The fraction of sp³-hybridized carbons (Fsp3) is 0.519. The molecule has 194 valence electrons. The summed E-state index contributed by atoms with van der Waals surface area (Å²) in [7, 11) is 1.79. The summed E-state index contributed by atoms with van der Waals surface area (Å²) in [5, 5.41) is 28.1. The van der Waals surface area contributed by atoms with E-state index in [1.807, 2.05) is 45.0 Å². The van der Waals surface area contributed by atoms with Gasteiger partial charge in [-0.3, -0.25) is 0 Å². The molecule has 1 atom stereocenters. The van der Waals surface area contributed by atoms with Crippen molar-refractivity contribution in [3.63, 3.8) is 0 Å². The summed E-state index contributed by atoms with van der Waals surface area (Å²) in [6, 6.07) is 7.55. The molecule has 0 bridgehead atoms. The second kappa shape index (κ2) is 11.5. The van der Waals surface area contributed by atoms with Crippen LogP contribution in [0.25, 0.3) is 22.6 Å². The maximum Gasteiger partial charge on any atom is 0.160 e. The maximum atomic E-state index is 11.0. The first kappa shape index (κ1) is 26.2. The molecule has 0 amide bonds. The van der Waals surface area contributed by atoms with Crippen molar-refractivity contribution in [2.24, 2.45) is 0 Å². The van der Waals surface area contributed by atoms with Gasteiger partial charge in [-0.05, 0) is 71.2 Å². The summed E-state index contributed by atoms with van der Waals surface area (Å²) >= 11 is 0. The molecular formula is C27H36N4O5. The average Bonchev–Trinajstić information content (AvgIpc) is 3.20. The van der Waals surface area contributed by atoms with Gasteiger partial charge in [-0.15, -0.1) is 0 Å².